The van der Waals surface area contributed by atoms with Gasteiger partial charge in [0.05, 0.1) is 25.8 Å². The molecule has 0 unspecified atom stereocenters. The number of phenolic OH excluding ortho intramolecular Hbond substituents is 1. The third kappa shape index (κ3) is 2.22. The van der Waals surface area contributed by atoms with Crippen LogP contribution in [0.1, 0.15) is 11.6 Å². The monoisotopic (exact) mass is 209 g/mol. The lowest BCUT2D eigenvalue weighted by Crippen LogP contribution is -2.08. The first-order chi connectivity index (χ1) is 7.13. The molecule has 0 aliphatic rings. The van der Waals surface area contributed by atoms with Gasteiger partial charge in [0, 0.05) is 12.1 Å². The fourth-order valence-corrected chi connectivity index (χ4v) is 1.33. The van der Waals surface area contributed by atoms with E-state index >= 15 is 0 Å². The van der Waals surface area contributed by atoms with Crippen LogP contribution < -0.4 is 15.2 Å². The summed E-state index contributed by atoms with van der Waals surface area (Å²) in [5.41, 5.74) is 6.27. The van der Waals surface area contributed by atoms with E-state index in [4.69, 9.17) is 15.2 Å². The molecule has 0 aliphatic carbocycles. The number of phenols is 1. The van der Waals surface area contributed by atoms with E-state index < -0.39 is 6.04 Å². The van der Waals surface area contributed by atoms with E-state index in [0.29, 0.717) is 17.1 Å². The van der Waals surface area contributed by atoms with Gasteiger partial charge in [0.15, 0.2) is 0 Å². The van der Waals surface area contributed by atoms with Crippen LogP contribution in [0.3, 0.4) is 0 Å². The first kappa shape index (κ1) is 11.4. The molecule has 1 rings (SSSR count). The normalized spacial score (nSPS) is 11.9. The molecule has 0 aliphatic heterocycles. The van der Waals surface area contributed by atoms with Crippen molar-refractivity contribution in [2.24, 2.45) is 5.73 Å². The Balaban J connectivity index is 3.30. The fourth-order valence-electron chi connectivity index (χ4n) is 1.33. The molecule has 0 saturated heterocycles. The predicted molar refractivity (Wildman–Crippen MR) is 58.3 cm³/mol. The molecule has 1 atom stereocenters. The minimum Gasteiger partial charge on any atom is -0.507 e. The number of ether oxygens (including phenoxy) is 2. The number of hydrogen-bond acceptors (Lipinski definition) is 4. The maximum absolute atomic E-state index is 9.75. The molecule has 4 nitrogen and oxygen atoms in total. The minimum atomic E-state index is -0.467. The lowest BCUT2D eigenvalue weighted by Gasteiger charge is -2.15. The Labute approximate surface area is 88.9 Å². The quantitative estimate of drug-likeness (QED) is 0.739. The van der Waals surface area contributed by atoms with Crippen molar-refractivity contribution in [1.82, 2.24) is 0 Å². The smallest absolute Gasteiger partial charge is 0.131 e. The van der Waals surface area contributed by atoms with E-state index in [-0.39, 0.29) is 5.75 Å². The second-order valence-electron chi connectivity index (χ2n) is 3.02. The Kier molecular flexibility index (Phi) is 3.57. The van der Waals surface area contributed by atoms with Crippen molar-refractivity contribution in [3.05, 3.63) is 30.4 Å². The number of nitrogens with two attached hydrogens (primary N) is 1. The summed E-state index contributed by atoms with van der Waals surface area (Å²) in [6.07, 6.45) is 1.53. The molecule has 0 fully saturated rings. The molecule has 1 aromatic rings. The Bertz CT molecular complexity index is 363. The van der Waals surface area contributed by atoms with Crippen molar-refractivity contribution in [1.29, 1.82) is 0 Å². The summed E-state index contributed by atoms with van der Waals surface area (Å²) >= 11 is 0. The van der Waals surface area contributed by atoms with Gasteiger partial charge >= 0.3 is 0 Å². The molecule has 0 radical (unpaired) electrons. The minimum absolute atomic E-state index is 0.0404. The molecule has 3 N–H and O–H groups in total. The van der Waals surface area contributed by atoms with Crippen molar-refractivity contribution in [3.8, 4) is 17.2 Å². The van der Waals surface area contributed by atoms with Crippen LogP contribution >= 0.6 is 0 Å². The van der Waals surface area contributed by atoms with Crippen molar-refractivity contribution < 1.29 is 14.6 Å². The molecule has 0 spiro atoms. The largest absolute Gasteiger partial charge is 0.507 e. The summed E-state index contributed by atoms with van der Waals surface area (Å²) in [5, 5.41) is 9.75. The number of methoxy groups -OCH3 is 2. The van der Waals surface area contributed by atoms with Gasteiger partial charge in [0.2, 0.25) is 0 Å². The molecule has 4 heteroatoms. The van der Waals surface area contributed by atoms with Crippen LogP contribution in [0.5, 0.6) is 17.2 Å². The highest BCUT2D eigenvalue weighted by atomic mass is 16.5. The molecule has 15 heavy (non-hydrogen) atoms. The van der Waals surface area contributed by atoms with Crippen molar-refractivity contribution in [2.45, 2.75) is 6.04 Å². The number of hydrogen-bond donors (Lipinski definition) is 2. The van der Waals surface area contributed by atoms with E-state index in [0.717, 1.165) is 0 Å². The number of aromatic hydroxyl groups is 1. The predicted octanol–water partition coefficient (Wildman–Crippen LogP) is 1.60. The van der Waals surface area contributed by atoms with E-state index in [9.17, 15) is 5.11 Å². The van der Waals surface area contributed by atoms with Crippen LogP contribution in [0.4, 0.5) is 0 Å². The van der Waals surface area contributed by atoms with Crippen molar-refractivity contribution in [2.75, 3.05) is 14.2 Å². The molecule has 0 bridgehead atoms. The summed E-state index contributed by atoms with van der Waals surface area (Å²) in [6, 6.07) is 2.69. The summed E-state index contributed by atoms with van der Waals surface area (Å²) < 4.78 is 10.1. The molecule has 0 aromatic heterocycles. The van der Waals surface area contributed by atoms with Crippen LogP contribution in [0, 0.1) is 0 Å². The zero-order chi connectivity index (χ0) is 11.4. The maximum Gasteiger partial charge on any atom is 0.131 e. The molecule has 0 heterocycles. The van der Waals surface area contributed by atoms with E-state index in [1.54, 1.807) is 6.07 Å². The molecular formula is C11H15NO3. The second kappa shape index (κ2) is 4.70. The van der Waals surface area contributed by atoms with Crippen LogP contribution in [-0.4, -0.2) is 19.3 Å². The summed E-state index contributed by atoms with van der Waals surface area (Å²) in [5.74, 6) is 1.04. The van der Waals surface area contributed by atoms with Crippen LogP contribution in [0.25, 0.3) is 0 Å². The van der Waals surface area contributed by atoms with Gasteiger partial charge in [-0.3, -0.25) is 0 Å². The maximum atomic E-state index is 9.75. The van der Waals surface area contributed by atoms with Gasteiger partial charge in [-0.25, -0.2) is 0 Å². The Hall–Kier alpha value is -1.68. The molecule has 82 valence electrons. The van der Waals surface area contributed by atoms with Gasteiger partial charge in [-0.1, -0.05) is 6.08 Å². The summed E-state index contributed by atoms with van der Waals surface area (Å²) in [4.78, 5) is 0. The SMILES string of the molecule is C=C[C@H](N)c1c(O)cc(OC)cc1OC. The molecular weight excluding hydrogens is 194 g/mol. The number of benzene rings is 1. The van der Waals surface area contributed by atoms with Crippen molar-refractivity contribution in [3.63, 3.8) is 0 Å². The highest BCUT2D eigenvalue weighted by molar-refractivity contribution is 5.52. The zero-order valence-corrected chi connectivity index (χ0v) is 8.86. The highest BCUT2D eigenvalue weighted by Gasteiger charge is 2.15. The number of rotatable bonds is 4. The molecule has 1 aromatic carbocycles. The lowest BCUT2D eigenvalue weighted by molar-refractivity contribution is 0.378. The van der Waals surface area contributed by atoms with Crippen LogP contribution in [0.15, 0.2) is 24.8 Å². The van der Waals surface area contributed by atoms with Crippen LogP contribution in [-0.2, 0) is 0 Å². The van der Waals surface area contributed by atoms with Gasteiger partial charge < -0.3 is 20.3 Å². The van der Waals surface area contributed by atoms with E-state index in [1.165, 1.54) is 26.4 Å². The van der Waals surface area contributed by atoms with Gasteiger partial charge in [0.25, 0.3) is 0 Å². The Morgan fingerprint density at radius 2 is 2.07 bits per heavy atom. The van der Waals surface area contributed by atoms with Gasteiger partial charge in [-0.05, 0) is 0 Å². The average molecular weight is 209 g/mol. The lowest BCUT2D eigenvalue weighted by atomic mass is 10.0. The first-order valence-electron chi connectivity index (χ1n) is 4.47. The molecule has 0 saturated carbocycles. The zero-order valence-electron chi connectivity index (χ0n) is 8.86. The van der Waals surface area contributed by atoms with Gasteiger partial charge in [-0.2, -0.15) is 0 Å². The van der Waals surface area contributed by atoms with Crippen LogP contribution in [0.2, 0.25) is 0 Å². The van der Waals surface area contributed by atoms with E-state index in [1.807, 2.05) is 0 Å². The van der Waals surface area contributed by atoms with Gasteiger partial charge in [-0.15, -0.1) is 6.58 Å². The summed E-state index contributed by atoms with van der Waals surface area (Å²) in [7, 11) is 3.02. The van der Waals surface area contributed by atoms with Gasteiger partial charge in [0.1, 0.15) is 17.2 Å². The Morgan fingerprint density at radius 1 is 1.40 bits per heavy atom. The topological polar surface area (TPSA) is 64.7 Å². The third-order valence-electron chi connectivity index (χ3n) is 2.14. The van der Waals surface area contributed by atoms with E-state index in [2.05, 4.69) is 6.58 Å². The highest BCUT2D eigenvalue weighted by Crippen LogP contribution is 2.36. The average Bonchev–Trinajstić information content (AvgIpc) is 2.26. The fraction of sp³-hybridized carbons (Fsp3) is 0.273. The second-order valence-corrected chi connectivity index (χ2v) is 3.02. The third-order valence-corrected chi connectivity index (χ3v) is 2.14. The first-order valence-corrected chi connectivity index (χ1v) is 4.47. The van der Waals surface area contributed by atoms with Crippen molar-refractivity contribution >= 4 is 0 Å². The molecule has 0 amide bonds. The Morgan fingerprint density at radius 3 is 2.53 bits per heavy atom. The summed E-state index contributed by atoms with van der Waals surface area (Å²) in [6.45, 7) is 3.57. The standard InChI is InChI=1S/C11H15NO3/c1-4-8(12)11-9(13)5-7(14-2)6-10(11)15-3/h4-6,8,13H,1,12H2,2-3H3/t8-/m0/s1.